The lowest BCUT2D eigenvalue weighted by molar-refractivity contribution is 0.0752. The highest BCUT2D eigenvalue weighted by molar-refractivity contribution is 5.94. The number of nitrogens with zero attached hydrogens (tertiary/aromatic N) is 1. The molecule has 2 aromatic rings. The minimum Gasteiger partial charge on any atom is -0.335 e. The predicted molar refractivity (Wildman–Crippen MR) is 78.7 cm³/mol. The molecule has 1 amide bonds. The smallest absolute Gasteiger partial charge is 0.254 e. The Hall–Kier alpha value is -2.42. The summed E-state index contributed by atoms with van der Waals surface area (Å²) in [4.78, 5) is 24.8. The van der Waals surface area contributed by atoms with E-state index in [9.17, 15) is 9.59 Å². The van der Waals surface area contributed by atoms with Crippen molar-refractivity contribution in [3.8, 4) is 0 Å². The quantitative estimate of drug-likeness (QED) is 0.780. The Labute approximate surface area is 118 Å². The van der Waals surface area contributed by atoms with Gasteiger partial charge in [-0.1, -0.05) is 42.5 Å². The Morgan fingerprint density at radius 1 is 1.05 bits per heavy atom. The highest BCUT2D eigenvalue weighted by atomic mass is 16.2. The van der Waals surface area contributed by atoms with Gasteiger partial charge in [-0.3, -0.25) is 9.59 Å². The fourth-order valence-electron chi connectivity index (χ4n) is 2.02. The molecule has 0 aliphatic heterocycles. The SMILES string of the molecule is CCN(Cc1ccccc1)C(=O)c1ccc(C=O)cc1. The Balaban J connectivity index is 2.13. The van der Waals surface area contributed by atoms with Gasteiger partial charge in [0.15, 0.2) is 0 Å². The van der Waals surface area contributed by atoms with Crippen LogP contribution in [0, 0.1) is 0 Å². The Kier molecular flexibility index (Phi) is 4.66. The first-order valence-electron chi connectivity index (χ1n) is 6.63. The summed E-state index contributed by atoms with van der Waals surface area (Å²) in [5.74, 6) is -0.0196. The lowest BCUT2D eigenvalue weighted by Gasteiger charge is -2.21. The molecule has 0 atom stereocenters. The molecule has 3 heteroatoms. The van der Waals surface area contributed by atoms with Gasteiger partial charge in [0.1, 0.15) is 6.29 Å². The maximum Gasteiger partial charge on any atom is 0.254 e. The zero-order chi connectivity index (χ0) is 14.4. The van der Waals surface area contributed by atoms with Crippen molar-refractivity contribution in [2.24, 2.45) is 0 Å². The zero-order valence-corrected chi connectivity index (χ0v) is 11.5. The molecule has 102 valence electrons. The summed E-state index contributed by atoms with van der Waals surface area (Å²) in [6.45, 7) is 3.19. The van der Waals surface area contributed by atoms with Gasteiger partial charge in [-0.2, -0.15) is 0 Å². The molecule has 0 saturated carbocycles. The highest BCUT2D eigenvalue weighted by Gasteiger charge is 2.14. The summed E-state index contributed by atoms with van der Waals surface area (Å²) in [6, 6.07) is 16.6. The molecule has 0 spiro atoms. The van der Waals surface area contributed by atoms with Crippen LogP contribution >= 0.6 is 0 Å². The molecule has 0 saturated heterocycles. The van der Waals surface area contributed by atoms with Crippen LogP contribution in [0.3, 0.4) is 0 Å². The first-order valence-corrected chi connectivity index (χ1v) is 6.63. The van der Waals surface area contributed by atoms with Crippen molar-refractivity contribution in [2.45, 2.75) is 13.5 Å². The number of benzene rings is 2. The molecule has 0 aromatic heterocycles. The van der Waals surface area contributed by atoms with E-state index in [4.69, 9.17) is 0 Å². The molecular weight excluding hydrogens is 250 g/mol. The monoisotopic (exact) mass is 267 g/mol. The largest absolute Gasteiger partial charge is 0.335 e. The van der Waals surface area contributed by atoms with Crippen LogP contribution in [-0.4, -0.2) is 23.6 Å². The van der Waals surface area contributed by atoms with E-state index >= 15 is 0 Å². The lowest BCUT2D eigenvalue weighted by atomic mass is 10.1. The van der Waals surface area contributed by atoms with Crippen LogP contribution in [0.1, 0.15) is 33.2 Å². The van der Waals surface area contributed by atoms with Gasteiger partial charge in [-0.25, -0.2) is 0 Å². The standard InChI is InChI=1S/C17H17NO2/c1-2-18(12-14-6-4-3-5-7-14)17(20)16-10-8-15(13-19)9-11-16/h3-11,13H,2,12H2,1H3. The molecule has 2 rings (SSSR count). The molecule has 20 heavy (non-hydrogen) atoms. The third-order valence-corrected chi connectivity index (χ3v) is 3.18. The van der Waals surface area contributed by atoms with Crippen molar-refractivity contribution in [1.82, 2.24) is 4.90 Å². The van der Waals surface area contributed by atoms with Gasteiger partial charge in [0, 0.05) is 24.2 Å². The first kappa shape index (κ1) is 14.0. The molecule has 0 N–H and O–H groups in total. The molecule has 0 radical (unpaired) electrons. The summed E-state index contributed by atoms with van der Waals surface area (Å²) in [7, 11) is 0. The van der Waals surface area contributed by atoms with Gasteiger partial charge in [0.25, 0.3) is 5.91 Å². The lowest BCUT2D eigenvalue weighted by Crippen LogP contribution is -2.30. The van der Waals surface area contributed by atoms with Crippen LogP contribution in [0.5, 0.6) is 0 Å². The van der Waals surface area contributed by atoms with Gasteiger partial charge in [0.05, 0.1) is 0 Å². The van der Waals surface area contributed by atoms with Gasteiger partial charge in [-0.15, -0.1) is 0 Å². The highest BCUT2D eigenvalue weighted by Crippen LogP contribution is 2.10. The van der Waals surface area contributed by atoms with Crippen molar-refractivity contribution in [3.63, 3.8) is 0 Å². The minimum atomic E-state index is -0.0196. The second-order valence-electron chi connectivity index (χ2n) is 4.54. The van der Waals surface area contributed by atoms with Crippen LogP contribution < -0.4 is 0 Å². The normalized spacial score (nSPS) is 10.1. The van der Waals surface area contributed by atoms with E-state index in [2.05, 4.69) is 0 Å². The first-order chi connectivity index (χ1) is 9.74. The van der Waals surface area contributed by atoms with E-state index in [1.54, 1.807) is 29.2 Å². The molecule has 0 aliphatic carbocycles. The predicted octanol–water partition coefficient (Wildman–Crippen LogP) is 3.16. The van der Waals surface area contributed by atoms with Crippen molar-refractivity contribution in [1.29, 1.82) is 0 Å². The Morgan fingerprint density at radius 2 is 1.70 bits per heavy atom. The molecule has 0 aliphatic rings. The van der Waals surface area contributed by atoms with E-state index in [1.807, 2.05) is 37.3 Å². The van der Waals surface area contributed by atoms with Gasteiger partial charge < -0.3 is 4.90 Å². The van der Waals surface area contributed by atoms with E-state index in [-0.39, 0.29) is 5.91 Å². The van der Waals surface area contributed by atoms with Crippen molar-refractivity contribution < 1.29 is 9.59 Å². The second-order valence-corrected chi connectivity index (χ2v) is 4.54. The van der Waals surface area contributed by atoms with Crippen LogP contribution in [0.4, 0.5) is 0 Å². The van der Waals surface area contributed by atoms with Crippen molar-refractivity contribution in [2.75, 3.05) is 6.54 Å². The van der Waals surface area contributed by atoms with E-state index in [0.29, 0.717) is 24.2 Å². The average molecular weight is 267 g/mol. The number of rotatable bonds is 5. The fraction of sp³-hybridized carbons (Fsp3) is 0.176. The third-order valence-electron chi connectivity index (χ3n) is 3.18. The van der Waals surface area contributed by atoms with Gasteiger partial charge in [-0.05, 0) is 24.6 Å². The molecule has 0 fully saturated rings. The molecule has 3 nitrogen and oxygen atoms in total. The minimum absolute atomic E-state index is 0.0196. The maximum absolute atomic E-state index is 12.4. The third kappa shape index (κ3) is 3.32. The summed E-state index contributed by atoms with van der Waals surface area (Å²) < 4.78 is 0. The Bertz CT molecular complexity index is 576. The zero-order valence-electron chi connectivity index (χ0n) is 11.5. The number of carbonyl (C=O) groups is 2. The molecule has 2 aromatic carbocycles. The summed E-state index contributed by atoms with van der Waals surface area (Å²) >= 11 is 0. The van der Waals surface area contributed by atoms with Gasteiger partial charge in [0.2, 0.25) is 0 Å². The van der Waals surface area contributed by atoms with Crippen molar-refractivity contribution >= 4 is 12.2 Å². The number of carbonyl (C=O) groups excluding carboxylic acids is 2. The Morgan fingerprint density at radius 3 is 2.25 bits per heavy atom. The summed E-state index contributed by atoms with van der Waals surface area (Å²) in [5.41, 5.74) is 2.29. The fourth-order valence-corrected chi connectivity index (χ4v) is 2.02. The molecule has 0 bridgehead atoms. The number of aldehydes is 1. The van der Waals surface area contributed by atoms with Crippen LogP contribution in [0.15, 0.2) is 54.6 Å². The van der Waals surface area contributed by atoms with Crippen LogP contribution in [-0.2, 0) is 6.54 Å². The number of hydrogen-bond acceptors (Lipinski definition) is 2. The van der Waals surface area contributed by atoms with E-state index < -0.39 is 0 Å². The van der Waals surface area contributed by atoms with Crippen molar-refractivity contribution in [3.05, 3.63) is 71.3 Å². The van der Waals surface area contributed by atoms with Gasteiger partial charge >= 0.3 is 0 Å². The number of hydrogen-bond donors (Lipinski definition) is 0. The van der Waals surface area contributed by atoms with E-state index in [1.165, 1.54) is 0 Å². The molecular formula is C17H17NO2. The molecule has 0 heterocycles. The van der Waals surface area contributed by atoms with E-state index in [0.717, 1.165) is 11.8 Å². The van der Waals surface area contributed by atoms with Crippen LogP contribution in [0.25, 0.3) is 0 Å². The number of amides is 1. The molecule has 0 unspecified atom stereocenters. The summed E-state index contributed by atoms with van der Waals surface area (Å²) in [5, 5.41) is 0. The average Bonchev–Trinajstić information content (AvgIpc) is 2.53. The van der Waals surface area contributed by atoms with Crippen LogP contribution in [0.2, 0.25) is 0 Å². The maximum atomic E-state index is 12.4. The second kappa shape index (κ2) is 6.66. The topological polar surface area (TPSA) is 37.4 Å². The summed E-state index contributed by atoms with van der Waals surface area (Å²) in [6.07, 6.45) is 0.774.